The van der Waals surface area contributed by atoms with Crippen LogP contribution < -0.4 is 15.4 Å². The Morgan fingerprint density at radius 3 is 2.44 bits per heavy atom. The van der Waals surface area contributed by atoms with Gasteiger partial charge in [0.15, 0.2) is 11.5 Å². The minimum Gasteiger partial charge on any atom is -0.381 e. The molecule has 0 fully saturated rings. The summed E-state index contributed by atoms with van der Waals surface area (Å²) in [4.78, 5) is 5.74. The lowest BCUT2D eigenvalue weighted by atomic mass is 9.81. The number of nitrogens with zero attached hydrogens (tertiary/aromatic N) is 6. The number of sulfonamides is 1. The molecule has 3 N–H and O–H groups in total. The van der Waals surface area contributed by atoms with Crippen molar-refractivity contribution in [2.75, 3.05) is 22.4 Å². The summed E-state index contributed by atoms with van der Waals surface area (Å²) in [5, 5.41) is 16.9. The van der Waals surface area contributed by atoms with Gasteiger partial charge in [0.2, 0.25) is 0 Å². The van der Waals surface area contributed by atoms with Gasteiger partial charge in [-0.1, -0.05) is 13.8 Å². The van der Waals surface area contributed by atoms with Crippen molar-refractivity contribution < 1.29 is 21.6 Å². The summed E-state index contributed by atoms with van der Waals surface area (Å²) in [6, 6.07) is 4.61. The van der Waals surface area contributed by atoms with E-state index in [-0.39, 0.29) is 29.2 Å². The molecule has 0 bridgehead atoms. The quantitative estimate of drug-likeness (QED) is 0.653. The maximum Gasteiger partial charge on any atom is 0.516 e. The van der Waals surface area contributed by atoms with Gasteiger partial charge in [0, 0.05) is 31.2 Å². The minimum atomic E-state index is -5.70. The third-order valence-corrected chi connectivity index (χ3v) is 6.91. The number of anilines is 3. The zero-order chi connectivity index (χ0) is 24.2. The first-order valence-electron chi connectivity index (χ1n) is 9.26. The van der Waals surface area contributed by atoms with Crippen LogP contribution in [0.15, 0.2) is 22.4 Å². The number of nitrogens with one attached hydrogen (secondary N) is 1. The summed E-state index contributed by atoms with van der Waals surface area (Å²) < 4.78 is 65.4. The highest BCUT2D eigenvalue weighted by Gasteiger charge is 2.47. The number of alkyl halides is 3. The monoisotopic (exact) mass is 470 g/mol. The molecule has 10 nitrogen and oxygen atoms in total. The van der Waals surface area contributed by atoms with Crippen molar-refractivity contribution >= 4 is 38.9 Å². The second kappa shape index (κ2) is 7.37. The summed E-state index contributed by atoms with van der Waals surface area (Å²) >= 11 is 0. The highest BCUT2D eigenvalue weighted by Crippen LogP contribution is 2.48. The number of nitrogen functional groups attached to an aromatic ring is 1. The maximum absolute atomic E-state index is 13.0. The molecule has 2 aromatic rings. The van der Waals surface area contributed by atoms with Crippen molar-refractivity contribution in [3.8, 4) is 6.07 Å². The van der Waals surface area contributed by atoms with Gasteiger partial charge >= 0.3 is 15.5 Å². The van der Waals surface area contributed by atoms with E-state index in [1.54, 1.807) is 11.8 Å². The van der Waals surface area contributed by atoms with Crippen molar-refractivity contribution in [2.24, 2.45) is 17.3 Å². The molecule has 1 unspecified atom stereocenters. The Kier molecular flexibility index (Phi) is 5.37. The number of azo groups is 1. The van der Waals surface area contributed by atoms with Gasteiger partial charge < -0.3 is 15.2 Å². The lowest BCUT2D eigenvalue weighted by Gasteiger charge is -2.28. The predicted molar refractivity (Wildman–Crippen MR) is 112 cm³/mol. The molecule has 32 heavy (non-hydrogen) atoms. The molecule has 0 spiro atoms. The van der Waals surface area contributed by atoms with Crippen molar-refractivity contribution in [3.05, 3.63) is 23.4 Å². The number of imidazole rings is 1. The third-order valence-electron chi connectivity index (χ3n) is 5.81. The first-order valence-corrected chi connectivity index (χ1v) is 10.7. The molecule has 1 aromatic carbocycles. The lowest BCUT2D eigenvalue weighted by Crippen LogP contribution is -2.36. The molecule has 1 aliphatic heterocycles. The Balaban J connectivity index is 2.18. The van der Waals surface area contributed by atoms with Gasteiger partial charge in [0.25, 0.3) is 5.95 Å². The molecule has 172 valence electrons. The molecular weight excluding hydrogens is 449 g/mol. The first-order chi connectivity index (χ1) is 14.6. The fourth-order valence-electron chi connectivity index (χ4n) is 3.50. The number of hydrogen-bond donors (Lipinski definition) is 2. The Hall–Kier alpha value is -3.34. The van der Waals surface area contributed by atoms with Crippen LogP contribution in [0.2, 0.25) is 0 Å². The van der Waals surface area contributed by atoms with Crippen LogP contribution in [0.5, 0.6) is 0 Å². The van der Waals surface area contributed by atoms with E-state index >= 15 is 0 Å². The van der Waals surface area contributed by atoms with Gasteiger partial charge in [0.05, 0.1) is 5.69 Å². The number of halogens is 3. The molecule has 2 heterocycles. The Labute approximate surface area is 182 Å². The molecule has 0 saturated carbocycles. The molecule has 3 rings (SSSR count). The average molecular weight is 470 g/mol. The molecular formula is C18H21F3N8O2S. The standard InChI is InChI=1S/C18H21F3N8O2S/c1-9-17(2,3)10-6-11(25-26-16-24-15(23)14(8-22)29(16)5)12(7-13(10)28(9)4)27-32(30,31)18(19,20)21/h6-7,9,27H,23H2,1-5H3. The highest BCUT2D eigenvalue weighted by molar-refractivity contribution is 7.93. The normalized spacial score (nSPS) is 18.1. The topological polar surface area (TPSA) is 142 Å². The van der Waals surface area contributed by atoms with Gasteiger partial charge in [-0.05, 0) is 24.6 Å². The molecule has 1 aromatic heterocycles. The fraction of sp³-hybridized carbons (Fsp3) is 0.444. The highest BCUT2D eigenvalue weighted by atomic mass is 32.2. The largest absolute Gasteiger partial charge is 0.516 e. The van der Waals surface area contributed by atoms with E-state index in [9.17, 15) is 21.6 Å². The molecule has 0 saturated heterocycles. The minimum absolute atomic E-state index is 0.0238. The molecule has 14 heteroatoms. The molecule has 0 amide bonds. The van der Waals surface area contributed by atoms with Gasteiger partial charge in [-0.25, -0.2) is 0 Å². The van der Waals surface area contributed by atoms with Crippen LogP contribution in [-0.2, 0) is 22.5 Å². The number of nitriles is 1. The van der Waals surface area contributed by atoms with Crippen molar-refractivity contribution in [3.63, 3.8) is 0 Å². The summed E-state index contributed by atoms with van der Waals surface area (Å²) in [6.45, 7) is 5.86. The second-order valence-electron chi connectivity index (χ2n) is 7.96. The van der Waals surface area contributed by atoms with Crippen molar-refractivity contribution in [2.45, 2.75) is 37.7 Å². The zero-order valence-electron chi connectivity index (χ0n) is 17.9. The summed E-state index contributed by atoms with van der Waals surface area (Å²) in [6.07, 6.45) is 0. The van der Waals surface area contributed by atoms with E-state index in [0.717, 1.165) is 5.56 Å². The van der Waals surface area contributed by atoms with Crippen LogP contribution in [0.25, 0.3) is 0 Å². The maximum atomic E-state index is 13.0. The lowest BCUT2D eigenvalue weighted by molar-refractivity contribution is -0.0429. The molecule has 1 atom stereocenters. The number of nitrogens with two attached hydrogens (primary N) is 1. The SMILES string of the molecule is CC1N(C)c2cc(NS(=O)(=O)C(F)(F)F)c(N=Nc3nc(N)c(C#N)n3C)cc2C1(C)C. The molecule has 0 aliphatic carbocycles. The van der Waals surface area contributed by atoms with E-state index < -0.39 is 26.6 Å². The van der Waals surface area contributed by atoms with Gasteiger partial charge in [-0.2, -0.15) is 31.8 Å². The van der Waals surface area contributed by atoms with E-state index in [0.29, 0.717) is 5.69 Å². The molecule has 0 radical (unpaired) electrons. The van der Waals surface area contributed by atoms with Crippen LogP contribution in [0, 0.1) is 11.3 Å². The smallest absolute Gasteiger partial charge is 0.381 e. The van der Waals surface area contributed by atoms with Crippen LogP contribution in [0.1, 0.15) is 32.0 Å². The average Bonchev–Trinajstić information content (AvgIpc) is 3.04. The van der Waals surface area contributed by atoms with Crippen LogP contribution in [0.4, 0.5) is 42.0 Å². The van der Waals surface area contributed by atoms with Crippen molar-refractivity contribution in [1.29, 1.82) is 5.26 Å². The first kappa shape index (κ1) is 23.3. The number of aromatic nitrogens is 2. The van der Waals surface area contributed by atoms with Crippen molar-refractivity contribution in [1.82, 2.24) is 9.55 Å². The number of hydrogen-bond acceptors (Lipinski definition) is 8. The Morgan fingerprint density at radius 1 is 1.28 bits per heavy atom. The van der Waals surface area contributed by atoms with Gasteiger partial charge in [-0.3, -0.25) is 4.72 Å². The van der Waals surface area contributed by atoms with Crippen LogP contribution >= 0.6 is 0 Å². The zero-order valence-corrected chi connectivity index (χ0v) is 18.7. The van der Waals surface area contributed by atoms with E-state index in [2.05, 4.69) is 15.2 Å². The Bertz CT molecular complexity index is 1260. The number of rotatable bonds is 4. The van der Waals surface area contributed by atoms with Gasteiger partial charge in [-0.15, -0.1) is 10.2 Å². The predicted octanol–water partition coefficient (Wildman–Crippen LogP) is 3.67. The number of benzene rings is 1. The number of fused-ring (bicyclic) bond motifs is 1. The number of likely N-dealkylation sites (N-methyl/N-ethyl adjacent to an activating group) is 1. The fourth-order valence-corrected chi connectivity index (χ4v) is 4.07. The Morgan fingerprint density at radius 2 is 1.91 bits per heavy atom. The van der Waals surface area contributed by atoms with Gasteiger partial charge in [0.1, 0.15) is 11.8 Å². The second-order valence-corrected chi connectivity index (χ2v) is 9.64. The summed E-state index contributed by atoms with van der Waals surface area (Å²) in [5.74, 6) is -0.165. The van der Waals surface area contributed by atoms with E-state index in [1.165, 1.54) is 23.7 Å². The van der Waals surface area contributed by atoms with Crippen LogP contribution in [0.3, 0.4) is 0 Å². The molecule has 1 aliphatic rings. The summed E-state index contributed by atoms with van der Waals surface area (Å²) in [7, 11) is -2.47. The van der Waals surface area contributed by atoms with E-state index in [1.807, 2.05) is 31.7 Å². The third kappa shape index (κ3) is 3.62. The van der Waals surface area contributed by atoms with Crippen LogP contribution in [-0.4, -0.2) is 36.6 Å². The van der Waals surface area contributed by atoms with E-state index in [4.69, 9.17) is 11.0 Å². The summed E-state index contributed by atoms with van der Waals surface area (Å²) in [5.41, 5.74) is 0.527.